The maximum atomic E-state index is 12.0. The highest BCUT2D eigenvalue weighted by molar-refractivity contribution is 9.10. The zero-order valence-electron chi connectivity index (χ0n) is 12.7. The van der Waals surface area contributed by atoms with Gasteiger partial charge in [-0.05, 0) is 36.4 Å². The second-order valence-corrected chi connectivity index (χ2v) is 6.05. The Morgan fingerprint density at radius 2 is 1.46 bits per heavy atom. The van der Waals surface area contributed by atoms with Crippen LogP contribution in [0.3, 0.4) is 0 Å². The van der Waals surface area contributed by atoms with E-state index in [1.54, 1.807) is 30.3 Å². The Kier molecular flexibility index (Phi) is 5.00. The summed E-state index contributed by atoms with van der Waals surface area (Å²) in [7, 11) is 0. The number of ether oxygens (including phenoxy) is 2. The van der Waals surface area contributed by atoms with Crippen LogP contribution in [0, 0.1) is 0 Å². The van der Waals surface area contributed by atoms with E-state index in [2.05, 4.69) is 26.6 Å². The van der Waals surface area contributed by atoms with Gasteiger partial charge in [-0.2, -0.15) is 0 Å². The minimum absolute atomic E-state index is 0.273. The number of fused-ring (bicyclic) bond motifs is 1. The molecule has 1 aliphatic heterocycles. The Morgan fingerprint density at radius 3 is 2.17 bits per heavy atom. The second kappa shape index (κ2) is 7.35. The SMILES string of the molecule is O=C(CC(=O)Nc1ccc2c(c1)OCCO2)Nc1ccc(Br)cc1. The molecular formula is C17H15BrN2O4. The Labute approximate surface area is 147 Å². The van der Waals surface area contributed by atoms with Crippen molar-refractivity contribution in [3.63, 3.8) is 0 Å². The molecule has 0 saturated carbocycles. The van der Waals surface area contributed by atoms with E-state index in [9.17, 15) is 9.59 Å². The van der Waals surface area contributed by atoms with Crippen molar-refractivity contribution in [2.75, 3.05) is 23.8 Å². The van der Waals surface area contributed by atoms with Crippen LogP contribution in [0.4, 0.5) is 11.4 Å². The van der Waals surface area contributed by atoms with Crippen molar-refractivity contribution in [2.45, 2.75) is 6.42 Å². The van der Waals surface area contributed by atoms with Crippen LogP contribution in [0.5, 0.6) is 11.5 Å². The first-order valence-electron chi connectivity index (χ1n) is 7.35. The van der Waals surface area contributed by atoms with E-state index < -0.39 is 5.91 Å². The molecular weight excluding hydrogens is 376 g/mol. The molecule has 2 aromatic rings. The van der Waals surface area contributed by atoms with Gasteiger partial charge in [0, 0.05) is 21.9 Å². The zero-order valence-corrected chi connectivity index (χ0v) is 14.3. The number of carbonyl (C=O) groups excluding carboxylic acids is 2. The number of amides is 2. The number of halogens is 1. The Hall–Kier alpha value is -2.54. The van der Waals surface area contributed by atoms with Gasteiger partial charge in [0.1, 0.15) is 19.6 Å². The van der Waals surface area contributed by atoms with Gasteiger partial charge < -0.3 is 20.1 Å². The molecule has 2 aromatic carbocycles. The maximum absolute atomic E-state index is 12.0. The van der Waals surface area contributed by atoms with Gasteiger partial charge in [0.05, 0.1) is 0 Å². The van der Waals surface area contributed by atoms with E-state index in [1.165, 1.54) is 0 Å². The first-order chi connectivity index (χ1) is 11.6. The minimum Gasteiger partial charge on any atom is -0.486 e. The third-order valence-electron chi connectivity index (χ3n) is 3.28. The summed E-state index contributed by atoms with van der Waals surface area (Å²) in [5.74, 6) is 0.444. The molecule has 6 nitrogen and oxygen atoms in total. The predicted molar refractivity (Wildman–Crippen MR) is 93.5 cm³/mol. The number of anilines is 2. The molecule has 1 aliphatic rings. The predicted octanol–water partition coefficient (Wildman–Crippen LogP) is 3.19. The summed E-state index contributed by atoms with van der Waals surface area (Å²) < 4.78 is 11.8. The standard InChI is InChI=1S/C17H15BrN2O4/c18-11-1-3-12(4-2-11)19-16(21)10-17(22)20-13-5-6-14-15(9-13)24-8-7-23-14/h1-6,9H,7-8,10H2,(H,19,21)(H,20,22). The van der Waals surface area contributed by atoms with Gasteiger partial charge in [0.2, 0.25) is 11.8 Å². The van der Waals surface area contributed by atoms with Gasteiger partial charge >= 0.3 is 0 Å². The second-order valence-electron chi connectivity index (χ2n) is 5.14. The third-order valence-corrected chi connectivity index (χ3v) is 3.80. The fraction of sp³-hybridized carbons (Fsp3) is 0.176. The highest BCUT2D eigenvalue weighted by Gasteiger charge is 2.14. The fourth-order valence-electron chi connectivity index (χ4n) is 2.21. The Morgan fingerprint density at radius 1 is 0.875 bits per heavy atom. The first kappa shape index (κ1) is 16.3. The van der Waals surface area contributed by atoms with Crippen molar-refractivity contribution in [3.8, 4) is 11.5 Å². The van der Waals surface area contributed by atoms with Crippen LogP contribution in [-0.2, 0) is 9.59 Å². The average Bonchev–Trinajstić information content (AvgIpc) is 2.56. The molecule has 0 aromatic heterocycles. The fourth-order valence-corrected chi connectivity index (χ4v) is 2.47. The van der Waals surface area contributed by atoms with Gasteiger partial charge in [-0.15, -0.1) is 0 Å². The molecule has 2 amide bonds. The minimum atomic E-state index is -0.402. The Bertz CT molecular complexity index is 762. The van der Waals surface area contributed by atoms with Gasteiger partial charge in [-0.1, -0.05) is 15.9 Å². The molecule has 0 spiro atoms. The highest BCUT2D eigenvalue weighted by Crippen LogP contribution is 2.32. The van der Waals surface area contributed by atoms with Gasteiger partial charge in [-0.3, -0.25) is 9.59 Å². The van der Waals surface area contributed by atoms with Gasteiger partial charge in [0.25, 0.3) is 0 Å². The summed E-state index contributed by atoms with van der Waals surface area (Å²) >= 11 is 3.32. The molecule has 3 rings (SSSR count). The van der Waals surface area contributed by atoms with Crippen molar-refractivity contribution in [1.29, 1.82) is 0 Å². The van der Waals surface area contributed by atoms with Gasteiger partial charge in [-0.25, -0.2) is 0 Å². The van der Waals surface area contributed by atoms with E-state index in [0.29, 0.717) is 36.1 Å². The van der Waals surface area contributed by atoms with Crippen molar-refractivity contribution in [2.24, 2.45) is 0 Å². The largest absolute Gasteiger partial charge is 0.486 e. The molecule has 0 aliphatic carbocycles. The molecule has 1 heterocycles. The summed E-state index contributed by atoms with van der Waals surface area (Å²) in [6, 6.07) is 12.2. The van der Waals surface area contributed by atoms with E-state index in [1.807, 2.05) is 12.1 Å². The molecule has 124 valence electrons. The monoisotopic (exact) mass is 390 g/mol. The molecule has 7 heteroatoms. The van der Waals surface area contributed by atoms with Crippen LogP contribution in [-0.4, -0.2) is 25.0 Å². The lowest BCUT2D eigenvalue weighted by Crippen LogP contribution is -2.21. The van der Waals surface area contributed by atoms with Crippen LogP contribution < -0.4 is 20.1 Å². The molecule has 0 saturated heterocycles. The molecule has 2 N–H and O–H groups in total. The molecule has 24 heavy (non-hydrogen) atoms. The molecule has 0 radical (unpaired) electrons. The third kappa shape index (κ3) is 4.26. The number of benzene rings is 2. The van der Waals surface area contributed by atoms with Crippen LogP contribution in [0.15, 0.2) is 46.9 Å². The van der Waals surface area contributed by atoms with E-state index >= 15 is 0 Å². The highest BCUT2D eigenvalue weighted by atomic mass is 79.9. The molecule has 0 unspecified atom stereocenters. The van der Waals surface area contributed by atoms with Gasteiger partial charge in [0.15, 0.2) is 11.5 Å². The van der Waals surface area contributed by atoms with Crippen LogP contribution in [0.1, 0.15) is 6.42 Å². The van der Waals surface area contributed by atoms with Crippen LogP contribution in [0.2, 0.25) is 0 Å². The normalized spacial score (nSPS) is 12.4. The van der Waals surface area contributed by atoms with Crippen LogP contribution in [0.25, 0.3) is 0 Å². The smallest absolute Gasteiger partial charge is 0.233 e. The van der Waals surface area contributed by atoms with Crippen molar-refractivity contribution >= 4 is 39.1 Å². The molecule has 0 bridgehead atoms. The van der Waals surface area contributed by atoms with Crippen molar-refractivity contribution in [3.05, 3.63) is 46.9 Å². The number of hydrogen-bond acceptors (Lipinski definition) is 4. The summed E-state index contributed by atoms with van der Waals surface area (Å²) in [5.41, 5.74) is 1.19. The summed E-state index contributed by atoms with van der Waals surface area (Å²) in [4.78, 5) is 23.9. The number of carbonyl (C=O) groups is 2. The number of nitrogens with one attached hydrogen (secondary N) is 2. The summed E-state index contributed by atoms with van der Waals surface area (Å²) in [6.45, 7) is 0.981. The topological polar surface area (TPSA) is 76.7 Å². The van der Waals surface area contributed by atoms with Crippen molar-refractivity contribution in [1.82, 2.24) is 0 Å². The summed E-state index contributed by atoms with van der Waals surface area (Å²) in [5, 5.41) is 5.35. The lowest BCUT2D eigenvalue weighted by Gasteiger charge is -2.19. The lowest BCUT2D eigenvalue weighted by molar-refractivity contribution is -0.123. The van der Waals surface area contributed by atoms with E-state index in [-0.39, 0.29) is 12.3 Å². The Balaban J connectivity index is 1.55. The zero-order chi connectivity index (χ0) is 16.9. The van der Waals surface area contributed by atoms with Crippen molar-refractivity contribution < 1.29 is 19.1 Å². The van der Waals surface area contributed by atoms with Crippen LogP contribution >= 0.6 is 15.9 Å². The quantitative estimate of drug-likeness (QED) is 0.785. The lowest BCUT2D eigenvalue weighted by atomic mass is 10.2. The summed E-state index contributed by atoms with van der Waals surface area (Å²) in [6.07, 6.45) is -0.273. The molecule has 0 fully saturated rings. The maximum Gasteiger partial charge on any atom is 0.233 e. The average molecular weight is 391 g/mol. The number of hydrogen-bond donors (Lipinski definition) is 2. The number of rotatable bonds is 4. The molecule has 0 atom stereocenters. The van der Waals surface area contributed by atoms with E-state index in [4.69, 9.17) is 9.47 Å². The first-order valence-corrected chi connectivity index (χ1v) is 8.14. The van der Waals surface area contributed by atoms with E-state index in [0.717, 1.165) is 4.47 Å².